The molecule has 212 valence electrons. The van der Waals surface area contributed by atoms with Gasteiger partial charge in [0.15, 0.2) is 12.4 Å². The largest absolute Gasteiger partial charge is 0.277 e. The molecule has 0 saturated carbocycles. The molecule has 0 atom stereocenters. The normalized spacial score (nSPS) is 18.4. The van der Waals surface area contributed by atoms with Crippen molar-refractivity contribution in [3.8, 4) is 11.4 Å². The fraction of sp³-hybridized carbons (Fsp3) is 0.467. The Morgan fingerprint density at radius 3 is 1.55 bits per heavy atom. The fourth-order valence-corrected chi connectivity index (χ4v) is 16.8. The summed E-state index contributed by atoms with van der Waals surface area (Å²) in [6.45, 7) is 6.69. The minimum absolute atomic E-state index is 1.02. The van der Waals surface area contributed by atoms with Crippen LogP contribution in [-0.4, -0.2) is 11.5 Å². The molecule has 0 N–H and O–H groups in total. The second-order valence-electron chi connectivity index (χ2n) is 10.0. The summed E-state index contributed by atoms with van der Waals surface area (Å²) in [6, 6.07) is 9.59. The molecule has 4 aliphatic heterocycles. The zero-order valence-corrected chi connectivity index (χ0v) is 29.6. The van der Waals surface area contributed by atoms with Gasteiger partial charge in [0, 0.05) is 35.8 Å². The molecule has 6 rings (SSSR count). The van der Waals surface area contributed by atoms with Gasteiger partial charge in [-0.3, -0.25) is 0 Å². The maximum Gasteiger partial charge on any atom is 0.277 e. The van der Waals surface area contributed by atoms with Crippen molar-refractivity contribution in [2.24, 2.45) is 0 Å². The third kappa shape index (κ3) is 7.33. The minimum atomic E-state index is 1.02. The van der Waals surface area contributed by atoms with E-state index in [2.05, 4.69) is 107 Å². The molecule has 0 fully saturated rings. The Kier molecular flexibility index (Phi) is 11.3. The first-order valence-electron chi connectivity index (χ1n) is 14.2. The molecule has 0 aliphatic carbocycles. The summed E-state index contributed by atoms with van der Waals surface area (Å²) in [7, 11) is 0. The van der Waals surface area contributed by atoms with Gasteiger partial charge in [-0.05, 0) is 35.5 Å². The molecule has 4 aliphatic rings. The lowest BCUT2D eigenvalue weighted by Gasteiger charge is -2.12. The number of hydrogen-bond acceptors (Lipinski definition) is 8. The van der Waals surface area contributed by atoms with Crippen LogP contribution in [0.3, 0.4) is 0 Å². The Morgan fingerprint density at radius 2 is 1.10 bits per heavy atom. The number of rotatable bonds is 10. The van der Waals surface area contributed by atoms with Crippen molar-refractivity contribution in [1.29, 1.82) is 0 Å². The predicted octanol–water partition coefficient (Wildman–Crippen LogP) is 10.6. The van der Waals surface area contributed by atoms with E-state index in [1.807, 2.05) is 47.0 Å². The van der Waals surface area contributed by atoms with E-state index >= 15 is 0 Å². The molecule has 6 heterocycles. The number of unbranched alkanes of at least 4 members (excludes halogenated alkanes) is 4. The second-order valence-corrected chi connectivity index (χ2v) is 19.9. The maximum atomic E-state index is 2.45. The number of thioether (sulfide) groups is 8. The first kappa shape index (κ1) is 30.4. The molecule has 8 bridgehead atoms. The first-order chi connectivity index (χ1) is 19.7. The number of nitrogens with zero attached hydrogens (tertiary/aromatic N) is 2. The highest BCUT2D eigenvalue weighted by molar-refractivity contribution is 8.45. The van der Waals surface area contributed by atoms with Gasteiger partial charge in [0.05, 0.1) is 25.4 Å². The van der Waals surface area contributed by atoms with E-state index in [0.717, 1.165) is 24.6 Å². The summed E-state index contributed by atoms with van der Waals surface area (Å²) in [5, 5.41) is 0. The second kappa shape index (κ2) is 14.9. The monoisotopic (exact) mass is 680 g/mol. The third-order valence-corrected chi connectivity index (χ3v) is 18.9. The molecular weight excluding hydrogens is 645 g/mol. The van der Waals surface area contributed by atoms with Crippen LogP contribution in [0.15, 0.2) is 62.1 Å². The summed E-state index contributed by atoms with van der Waals surface area (Å²) >= 11 is 16.5. The number of aromatic nitrogens is 2. The Hall–Kier alpha value is 0.320. The van der Waals surface area contributed by atoms with Gasteiger partial charge in [0.25, 0.3) is 11.4 Å². The van der Waals surface area contributed by atoms with Crippen molar-refractivity contribution in [3.05, 3.63) is 73.2 Å². The Balaban J connectivity index is 1.33. The average molecular weight is 681 g/mol. The molecule has 10 heteroatoms. The summed E-state index contributed by atoms with van der Waals surface area (Å²) < 4.78 is 14.0. The molecule has 0 aromatic carbocycles. The molecule has 0 radical (unpaired) electrons. The Bertz CT molecular complexity index is 1250. The average Bonchev–Trinajstić information content (AvgIpc) is 3.58. The summed E-state index contributed by atoms with van der Waals surface area (Å²) in [5.41, 5.74) is 5.57. The van der Waals surface area contributed by atoms with Crippen LogP contribution >= 0.6 is 94.1 Å². The standard InChI is InChI=1S/C30H36N2S8/c1-3-5-7-15-33-25-27-35-19-21-9-11-31-13-14-32-12-10-22(18-24(32)23(31)17-21)20-36-28-26(34-16-8-6-4-2)38-30(40-28)29(37-25)39-27/h9-12,17-18H,3-8,13-16,19-20H2,1-2H3/q+2. The first-order valence-corrected chi connectivity index (χ1v) is 21.4. The van der Waals surface area contributed by atoms with Crippen molar-refractivity contribution in [2.45, 2.75) is 77.0 Å². The minimum Gasteiger partial charge on any atom is -0.186 e. The van der Waals surface area contributed by atoms with Gasteiger partial charge >= 0.3 is 0 Å². The molecule has 0 amide bonds. The lowest BCUT2D eigenvalue weighted by atomic mass is 10.1. The maximum absolute atomic E-state index is 2.45. The number of aryl methyl sites for hydroxylation is 2. The van der Waals surface area contributed by atoms with E-state index in [-0.39, 0.29) is 0 Å². The quantitative estimate of drug-likeness (QED) is 0.179. The van der Waals surface area contributed by atoms with Gasteiger partial charge in [0.1, 0.15) is 0 Å². The van der Waals surface area contributed by atoms with Gasteiger partial charge in [-0.15, -0.1) is 47.0 Å². The highest BCUT2D eigenvalue weighted by atomic mass is 32.3. The highest BCUT2D eigenvalue weighted by Gasteiger charge is 2.33. The number of pyridine rings is 2. The van der Waals surface area contributed by atoms with Gasteiger partial charge in [-0.2, -0.15) is 9.13 Å². The summed E-state index contributed by atoms with van der Waals surface area (Å²) in [5.74, 6) is 4.51. The van der Waals surface area contributed by atoms with Gasteiger partial charge in [0.2, 0.25) is 13.1 Å². The highest BCUT2D eigenvalue weighted by Crippen LogP contribution is 2.66. The third-order valence-electron chi connectivity index (χ3n) is 6.99. The van der Waals surface area contributed by atoms with Crippen LogP contribution < -0.4 is 9.13 Å². The molecule has 2 aromatic heterocycles. The lowest BCUT2D eigenvalue weighted by Crippen LogP contribution is -2.53. The van der Waals surface area contributed by atoms with Crippen LogP contribution in [0.4, 0.5) is 0 Å². The molecule has 0 spiro atoms. The van der Waals surface area contributed by atoms with Crippen molar-refractivity contribution in [3.63, 3.8) is 0 Å². The van der Waals surface area contributed by atoms with E-state index in [1.165, 1.54) is 98.0 Å². The summed E-state index contributed by atoms with van der Waals surface area (Å²) in [4.78, 5) is 0. The fourth-order valence-electron chi connectivity index (χ4n) is 4.77. The van der Waals surface area contributed by atoms with Crippen molar-refractivity contribution in [1.82, 2.24) is 0 Å². The topological polar surface area (TPSA) is 7.76 Å². The van der Waals surface area contributed by atoms with Crippen LogP contribution in [0.25, 0.3) is 11.4 Å². The van der Waals surface area contributed by atoms with Crippen LogP contribution in [0.2, 0.25) is 0 Å². The molecule has 2 aromatic rings. The van der Waals surface area contributed by atoms with Crippen LogP contribution in [0, 0.1) is 0 Å². The zero-order chi connectivity index (χ0) is 27.3. The lowest BCUT2D eigenvalue weighted by molar-refractivity contribution is -0.795. The number of fused-ring (bicyclic) bond motifs is 6. The van der Waals surface area contributed by atoms with Gasteiger partial charge in [-0.1, -0.05) is 86.6 Å². The van der Waals surface area contributed by atoms with Gasteiger partial charge in [-0.25, -0.2) is 0 Å². The van der Waals surface area contributed by atoms with Crippen molar-refractivity contribution < 1.29 is 9.13 Å². The van der Waals surface area contributed by atoms with Gasteiger partial charge < -0.3 is 0 Å². The van der Waals surface area contributed by atoms with Crippen molar-refractivity contribution in [2.75, 3.05) is 11.5 Å². The number of hydrogen-bond donors (Lipinski definition) is 0. The van der Waals surface area contributed by atoms with E-state index in [1.54, 1.807) is 0 Å². The van der Waals surface area contributed by atoms with Crippen LogP contribution in [-0.2, 0) is 24.6 Å². The molecule has 2 nitrogen and oxygen atoms in total. The molecule has 0 unspecified atom stereocenters. The van der Waals surface area contributed by atoms with Crippen molar-refractivity contribution >= 4 is 94.1 Å². The SMILES string of the molecule is CCCCCSC1=C2SCc3cc[n+]4c(c3)-c3cc(cc[n+]3CC4)CSC3=C(SCCCCC)SC(=C(S1)S2)S3. The van der Waals surface area contributed by atoms with E-state index < -0.39 is 0 Å². The Morgan fingerprint density at radius 1 is 0.625 bits per heavy atom. The zero-order valence-electron chi connectivity index (χ0n) is 23.1. The molecular formula is C30H36N2S8+2. The van der Waals surface area contributed by atoms with Crippen LogP contribution in [0.5, 0.6) is 0 Å². The molecule has 0 saturated heterocycles. The molecule has 40 heavy (non-hydrogen) atoms. The van der Waals surface area contributed by atoms with E-state index in [4.69, 9.17) is 0 Å². The van der Waals surface area contributed by atoms with E-state index in [9.17, 15) is 0 Å². The summed E-state index contributed by atoms with van der Waals surface area (Å²) in [6.07, 6.45) is 12.5. The Labute approximate surface area is 274 Å². The predicted molar refractivity (Wildman–Crippen MR) is 190 cm³/mol. The van der Waals surface area contributed by atoms with Crippen LogP contribution in [0.1, 0.15) is 63.5 Å². The smallest absolute Gasteiger partial charge is 0.186 e. The van der Waals surface area contributed by atoms with E-state index in [0.29, 0.717) is 0 Å².